The van der Waals surface area contributed by atoms with Gasteiger partial charge in [-0.15, -0.1) is 0 Å². The van der Waals surface area contributed by atoms with Crippen molar-refractivity contribution in [2.24, 2.45) is 5.92 Å². The van der Waals surface area contributed by atoms with Gasteiger partial charge in [0.05, 0.1) is 6.04 Å². The number of nitrogens with one attached hydrogen (secondary N) is 1. The minimum atomic E-state index is -0.279. The van der Waals surface area contributed by atoms with E-state index in [2.05, 4.69) is 22.4 Å². The molecule has 0 radical (unpaired) electrons. The van der Waals surface area contributed by atoms with Gasteiger partial charge >= 0.3 is 0 Å². The molecule has 1 aliphatic rings. The van der Waals surface area contributed by atoms with Gasteiger partial charge in [0.1, 0.15) is 5.82 Å². The zero-order valence-electron chi connectivity index (χ0n) is 12.4. The van der Waals surface area contributed by atoms with Crippen molar-refractivity contribution in [1.29, 1.82) is 0 Å². The molecule has 2 unspecified atom stereocenters. The SMILES string of the molecule is CCC1CCNC(c2nc(-c3cc(C)cc(F)c3)no2)C1. The minimum absolute atomic E-state index is 0.111. The fourth-order valence-corrected chi connectivity index (χ4v) is 2.91. The Hall–Kier alpha value is -1.75. The van der Waals surface area contributed by atoms with Crippen LogP contribution in [0.1, 0.15) is 43.7 Å². The first-order valence-corrected chi connectivity index (χ1v) is 7.50. The maximum atomic E-state index is 13.5. The Bertz CT molecular complexity index is 605. The van der Waals surface area contributed by atoms with Gasteiger partial charge in [-0.2, -0.15) is 4.98 Å². The first-order chi connectivity index (χ1) is 10.2. The van der Waals surface area contributed by atoms with E-state index in [0.717, 1.165) is 18.5 Å². The van der Waals surface area contributed by atoms with Crippen LogP contribution in [0.4, 0.5) is 4.39 Å². The van der Waals surface area contributed by atoms with Gasteiger partial charge < -0.3 is 9.84 Å². The first-order valence-electron chi connectivity index (χ1n) is 7.50. The van der Waals surface area contributed by atoms with Crippen molar-refractivity contribution in [3.05, 3.63) is 35.5 Å². The second kappa shape index (κ2) is 5.93. The minimum Gasteiger partial charge on any atom is -0.337 e. The molecule has 1 aromatic carbocycles. The van der Waals surface area contributed by atoms with E-state index >= 15 is 0 Å². The van der Waals surface area contributed by atoms with Crippen LogP contribution in [0.2, 0.25) is 0 Å². The van der Waals surface area contributed by atoms with Crippen LogP contribution >= 0.6 is 0 Å². The molecule has 0 spiro atoms. The van der Waals surface area contributed by atoms with Crippen LogP contribution in [-0.2, 0) is 0 Å². The molecule has 1 aliphatic heterocycles. The lowest BCUT2D eigenvalue weighted by atomic mass is 9.90. The molecular weight excluding hydrogens is 269 g/mol. The van der Waals surface area contributed by atoms with Crippen LogP contribution < -0.4 is 5.32 Å². The lowest BCUT2D eigenvalue weighted by Crippen LogP contribution is -2.31. The van der Waals surface area contributed by atoms with Gasteiger partial charge in [0, 0.05) is 5.56 Å². The van der Waals surface area contributed by atoms with Gasteiger partial charge in [-0.3, -0.25) is 0 Å². The third-order valence-corrected chi connectivity index (χ3v) is 4.13. The maximum Gasteiger partial charge on any atom is 0.244 e. The highest BCUT2D eigenvalue weighted by molar-refractivity contribution is 5.55. The summed E-state index contributed by atoms with van der Waals surface area (Å²) < 4.78 is 18.9. The molecule has 2 heterocycles. The van der Waals surface area contributed by atoms with E-state index < -0.39 is 0 Å². The van der Waals surface area contributed by atoms with Crippen LogP contribution in [0, 0.1) is 18.7 Å². The largest absolute Gasteiger partial charge is 0.337 e. The molecule has 21 heavy (non-hydrogen) atoms. The van der Waals surface area contributed by atoms with E-state index in [1.165, 1.54) is 25.0 Å². The van der Waals surface area contributed by atoms with E-state index in [1.54, 1.807) is 0 Å². The molecule has 3 rings (SSSR count). The summed E-state index contributed by atoms with van der Waals surface area (Å²) in [5.41, 5.74) is 1.50. The second-order valence-electron chi connectivity index (χ2n) is 5.78. The van der Waals surface area contributed by atoms with E-state index in [-0.39, 0.29) is 11.9 Å². The number of benzene rings is 1. The van der Waals surface area contributed by atoms with Crippen molar-refractivity contribution in [1.82, 2.24) is 15.5 Å². The molecule has 1 N–H and O–H groups in total. The number of hydrogen-bond acceptors (Lipinski definition) is 4. The average molecular weight is 289 g/mol. The Morgan fingerprint density at radius 2 is 2.24 bits per heavy atom. The smallest absolute Gasteiger partial charge is 0.244 e. The summed E-state index contributed by atoms with van der Waals surface area (Å²) in [6, 6.07) is 4.89. The maximum absolute atomic E-state index is 13.5. The summed E-state index contributed by atoms with van der Waals surface area (Å²) in [4.78, 5) is 4.45. The number of rotatable bonds is 3. The van der Waals surface area contributed by atoms with Crippen LogP contribution in [0.5, 0.6) is 0 Å². The highest BCUT2D eigenvalue weighted by Gasteiger charge is 2.26. The van der Waals surface area contributed by atoms with Crippen molar-refractivity contribution < 1.29 is 8.91 Å². The Balaban J connectivity index is 1.82. The van der Waals surface area contributed by atoms with Gasteiger partial charge in [0.15, 0.2) is 0 Å². The summed E-state index contributed by atoms with van der Waals surface area (Å²) in [6.07, 6.45) is 3.37. The second-order valence-corrected chi connectivity index (χ2v) is 5.78. The van der Waals surface area contributed by atoms with Gasteiger partial charge in [-0.05, 0) is 56.0 Å². The Morgan fingerprint density at radius 3 is 3.00 bits per heavy atom. The first kappa shape index (κ1) is 14.2. The zero-order chi connectivity index (χ0) is 14.8. The molecule has 2 aromatic rings. The molecule has 0 bridgehead atoms. The zero-order valence-corrected chi connectivity index (χ0v) is 12.4. The van der Waals surface area contributed by atoms with Gasteiger partial charge in [0.25, 0.3) is 0 Å². The van der Waals surface area contributed by atoms with Crippen molar-refractivity contribution in [3.8, 4) is 11.4 Å². The average Bonchev–Trinajstić information content (AvgIpc) is 2.96. The highest BCUT2D eigenvalue weighted by atomic mass is 19.1. The number of hydrogen-bond donors (Lipinski definition) is 1. The van der Waals surface area contributed by atoms with Crippen LogP contribution in [-0.4, -0.2) is 16.7 Å². The monoisotopic (exact) mass is 289 g/mol. The molecular formula is C16H20FN3O. The summed E-state index contributed by atoms with van der Waals surface area (Å²) in [6.45, 7) is 5.03. The normalized spacial score (nSPS) is 22.4. The molecule has 1 fully saturated rings. The highest BCUT2D eigenvalue weighted by Crippen LogP contribution is 2.29. The lowest BCUT2D eigenvalue weighted by Gasteiger charge is -2.27. The van der Waals surface area contributed by atoms with E-state index in [0.29, 0.717) is 23.2 Å². The topological polar surface area (TPSA) is 51.0 Å². The standard InChI is InChI=1S/C16H20FN3O/c1-3-11-4-5-18-14(8-11)16-19-15(20-21-16)12-6-10(2)7-13(17)9-12/h6-7,9,11,14,18H,3-5,8H2,1-2H3. The predicted molar refractivity (Wildman–Crippen MR) is 78.2 cm³/mol. The number of aromatic nitrogens is 2. The van der Waals surface area contributed by atoms with E-state index in [9.17, 15) is 4.39 Å². The number of nitrogens with zero attached hydrogens (tertiary/aromatic N) is 2. The summed E-state index contributed by atoms with van der Waals surface area (Å²) in [7, 11) is 0. The number of piperidine rings is 1. The predicted octanol–water partition coefficient (Wildman–Crippen LogP) is 3.63. The Morgan fingerprint density at radius 1 is 1.38 bits per heavy atom. The third-order valence-electron chi connectivity index (χ3n) is 4.13. The van der Waals surface area contributed by atoms with Crippen LogP contribution in [0.15, 0.2) is 22.7 Å². The van der Waals surface area contributed by atoms with Gasteiger partial charge in [0.2, 0.25) is 11.7 Å². The molecule has 4 nitrogen and oxygen atoms in total. The number of aryl methyl sites for hydroxylation is 1. The van der Waals surface area contributed by atoms with Crippen molar-refractivity contribution >= 4 is 0 Å². The quantitative estimate of drug-likeness (QED) is 0.937. The van der Waals surface area contributed by atoms with Gasteiger partial charge in [-0.1, -0.05) is 18.5 Å². The fraction of sp³-hybridized carbons (Fsp3) is 0.500. The molecule has 0 aliphatic carbocycles. The molecule has 112 valence electrons. The van der Waals surface area contributed by atoms with Crippen molar-refractivity contribution in [3.63, 3.8) is 0 Å². The summed E-state index contributed by atoms with van der Waals surface area (Å²) >= 11 is 0. The van der Waals surface area contributed by atoms with Crippen molar-refractivity contribution in [2.75, 3.05) is 6.54 Å². The van der Waals surface area contributed by atoms with E-state index in [1.807, 2.05) is 13.0 Å². The van der Waals surface area contributed by atoms with Crippen LogP contribution in [0.25, 0.3) is 11.4 Å². The summed E-state index contributed by atoms with van der Waals surface area (Å²) in [5.74, 6) is 1.47. The Kier molecular flexibility index (Phi) is 4.01. The van der Waals surface area contributed by atoms with Crippen LogP contribution in [0.3, 0.4) is 0 Å². The fourth-order valence-electron chi connectivity index (χ4n) is 2.91. The molecule has 5 heteroatoms. The Labute approximate surface area is 123 Å². The van der Waals surface area contributed by atoms with E-state index in [4.69, 9.17) is 4.52 Å². The summed E-state index contributed by atoms with van der Waals surface area (Å²) in [5, 5.41) is 7.42. The molecule has 1 aromatic heterocycles. The molecule has 2 atom stereocenters. The number of halogens is 1. The van der Waals surface area contributed by atoms with Gasteiger partial charge in [-0.25, -0.2) is 4.39 Å². The lowest BCUT2D eigenvalue weighted by molar-refractivity contribution is 0.246. The van der Waals surface area contributed by atoms with Crippen molar-refractivity contribution in [2.45, 2.75) is 39.2 Å². The molecule has 1 saturated heterocycles. The molecule has 0 saturated carbocycles. The third kappa shape index (κ3) is 3.13. The molecule has 0 amide bonds.